The van der Waals surface area contributed by atoms with Crippen LogP contribution in [0.3, 0.4) is 0 Å². The first-order chi connectivity index (χ1) is 9.70. The molecule has 1 aliphatic rings. The number of sulfonamides is 1. The van der Waals surface area contributed by atoms with Gasteiger partial charge in [-0.05, 0) is 45.1 Å². The Kier molecular flexibility index (Phi) is 4.72. The lowest BCUT2D eigenvalue weighted by Gasteiger charge is -2.29. The van der Waals surface area contributed by atoms with Crippen LogP contribution in [-0.4, -0.2) is 54.2 Å². The lowest BCUT2D eigenvalue weighted by molar-refractivity contribution is 0.248. The third-order valence-corrected chi connectivity index (χ3v) is 6.44. The van der Waals surface area contributed by atoms with Gasteiger partial charge in [-0.3, -0.25) is 0 Å². The van der Waals surface area contributed by atoms with Crippen molar-refractivity contribution in [2.45, 2.75) is 28.7 Å². The minimum absolute atomic E-state index is 0.154. The highest BCUT2D eigenvalue weighted by Gasteiger charge is 2.27. The topological polar surface area (TPSA) is 83.6 Å². The molecule has 1 aromatic carbocycles. The molecule has 0 saturated carbocycles. The maximum atomic E-state index is 12.5. The average Bonchev–Trinajstić information content (AvgIpc) is 2.40. The monoisotopic (exact) mass is 332 g/mol. The zero-order chi connectivity index (χ0) is 15.7. The fourth-order valence-corrected chi connectivity index (χ4v) is 5.32. The molecular weight excluding hydrogens is 312 g/mol. The highest BCUT2D eigenvalue weighted by Crippen LogP contribution is 2.21. The molecule has 0 aliphatic carbocycles. The summed E-state index contributed by atoms with van der Waals surface area (Å²) in [6.45, 7) is 1.64. The van der Waals surface area contributed by atoms with E-state index in [1.54, 1.807) is 0 Å². The summed E-state index contributed by atoms with van der Waals surface area (Å²) in [7, 11) is -5.44. The number of nitrogens with zero attached hydrogens (tertiary/aromatic N) is 1. The van der Waals surface area contributed by atoms with Crippen molar-refractivity contribution in [3.63, 3.8) is 0 Å². The van der Waals surface area contributed by atoms with Crippen molar-refractivity contribution < 1.29 is 16.8 Å². The van der Waals surface area contributed by atoms with Gasteiger partial charge in [-0.1, -0.05) is 12.1 Å². The number of hydrogen-bond donors (Lipinski definition) is 1. The molecule has 0 aromatic heterocycles. The molecule has 0 amide bonds. The standard InChI is InChI=1S/C13H20N2O4S2/c1-15-9-7-11(8-10-15)14-21(18,19)13-6-4-3-5-12(13)20(2,16)17/h3-6,11,14H,7-10H2,1-2H3. The number of nitrogens with one attached hydrogen (secondary N) is 1. The number of likely N-dealkylation sites (tertiary alicyclic amines) is 1. The van der Waals surface area contributed by atoms with Crippen LogP contribution in [0.2, 0.25) is 0 Å². The first-order valence-corrected chi connectivity index (χ1v) is 10.1. The Bertz CT molecular complexity index is 705. The molecule has 1 aromatic rings. The zero-order valence-corrected chi connectivity index (χ0v) is 13.7. The number of piperidine rings is 1. The van der Waals surface area contributed by atoms with Crippen molar-refractivity contribution in [2.75, 3.05) is 26.4 Å². The van der Waals surface area contributed by atoms with Crippen LogP contribution < -0.4 is 4.72 Å². The summed E-state index contributed by atoms with van der Waals surface area (Å²) in [5.74, 6) is 0. The van der Waals surface area contributed by atoms with Crippen molar-refractivity contribution in [1.29, 1.82) is 0 Å². The lowest BCUT2D eigenvalue weighted by atomic mass is 10.1. The van der Waals surface area contributed by atoms with E-state index in [1.807, 2.05) is 7.05 Å². The molecule has 1 saturated heterocycles. The first-order valence-electron chi connectivity index (χ1n) is 6.70. The molecule has 1 aliphatic heterocycles. The van der Waals surface area contributed by atoms with E-state index in [0.717, 1.165) is 32.2 Å². The molecule has 1 fully saturated rings. The summed E-state index contributed by atoms with van der Waals surface area (Å²) in [4.78, 5) is 1.80. The highest BCUT2D eigenvalue weighted by atomic mass is 32.2. The average molecular weight is 332 g/mol. The van der Waals surface area contributed by atoms with Crippen LogP contribution in [0, 0.1) is 0 Å². The normalized spacial score (nSPS) is 18.8. The van der Waals surface area contributed by atoms with Crippen LogP contribution in [-0.2, 0) is 19.9 Å². The van der Waals surface area contributed by atoms with Gasteiger partial charge >= 0.3 is 0 Å². The van der Waals surface area contributed by atoms with E-state index >= 15 is 0 Å². The minimum Gasteiger partial charge on any atom is -0.306 e. The van der Waals surface area contributed by atoms with Crippen LogP contribution in [0.15, 0.2) is 34.1 Å². The van der Waals surface area contributed by atoms with Crippen LogP contribution in [0.1, 0.15) is 12.8 Å². The van der Waals surface area contributed by atoms with Crippen molar-refractivity contribution in [3.8, 4) is 0 Å². The molecule has 0 radical (unpaired) electrons. The van der Waals surface area contributed by atoms with Gasteiger partial charge < -0.3 is 4.90 Å². The SMILES string of the molecule is CN1CCC(NS(=O)(=O)c2ccccc2S(C)(=O)=O)CC1. The largest absolute Gasteiger partial charge is 0.306 e. The van der Waals surface area contributed by atoms with E-state index in [1.165, 1.54) is 24.3 Å². The smallest absolute Gasteiger partial charge is 0.242 e. The van der Waals surface area contributed by atoms with Crippen LogP contribution in [0.5, 0.6) is 0 Å². The molecule has 0 unspecified atom stereocenters. The predicted octanol–water partition coefficient (Wildman–Crippen LogP) is 0.463. The Morgan fingerprint density at radius 1 is 1.05 bits per heavy atom. The maximum absolute atomic E-state index is 12.5. The van der Waals surface area contributed by atoms with Crippen molar-refractivity contribution in [2.24, 2.45) is 0 Å². The second-order valence-electron chi connectivity index (χ2n) is 5.42. The van der Waals surface area contributed by atoms with Crippen LogP contribution in [0.4, 0.5) is 0 Å². The van der Waals surface area contributed by atoms with E-state index < -0.39 is 19.9 Å². The fourth-order valence-electron chi connectivity index (χ4n) is 2.39. The van der Waals surface area contributed by atoms with Gasteiger partial charge in [0.15, 0.2) is 9.84 Å². The Balaban J connectivity index is 2.29. The minimum atomic E-state index is -3.84. The first kappa shape index (κ1) is 16.4. The summed E-state index contributed by atoms with van der Waals surface area (Å²) in [6.07, 6.45) is 2.45. The number of benzene rings is 1. The highest BCUT2D eigenvalue weighted by molar-refractivity contribution is 7.93. The van der Waals surface area contributed by atoms with Gasteiger partial charge in [0.25, 0.3) is 0 Å². The van der Waals surface area contributed by atoms with Crippen LogP contribution >= 0.6 is 0 Å². The molecule has 1 N–H and O–H groups in total. The predicted molar refractivity (Wildman–Crippen MR) is 80.4 cm³/mol. The summed E-state index contributed by atoms with van der Waals surface area (Å²) in [5.41, 5.74) is 0. The Hall–Kier alpha value is -0.960. The molecule has 21 heavy (non-hydrogen) atoms. The van der Waals surface area contributed by atoms with Crippen molar-refractivity contribution in [3.05, 3.63) is 24.3 Å². The van der Waals surface area contributed by atoms with E-state index in [2.05, 4.69) is 9.62 Å². The summed E-state index contributed by atoms with van der Waals surface area (Å²) < 4.78 is 51.0. The van der Waals surface area contributed by atoms with Gasteiger partial charge in [-0.15, -0.1) is 0 Å². The van der Waals surface area contributed by atoms with Gasteiger partial charge in [0, 0.05) is 12.3 Å². The van der Waals surface area contributed by atoms with Gasteiger partial charge in [0.05, 0.1) is 4.90 Å². The van der Waals surface area contributed by atoms with Gasteiger partial charge in [0.1, 0.15) is 4.90 Å². The fraction of sp³-hybridized carbons (Fsp3) is 0.538. The van der Waals surface area contributed by atoms with Crippen molar-refractivity contribution >= 4 is 19.9 Å². The van der Waals surface area contributed by atoms with E-state index in [-0.39, 0.29) is 15.8 Å². The number of sulfone groups is 1. The Labute approximate surface area is 126 Å². The number of hydrogen-bond acceptors (Lipinski definition) is 5. The third-order valence-electron chi connectivity index (χ3n) is 3.58. The molecular formula is C13H20N2O4S2. The van der Waals surface area contributed by atoms with Crippen molar-refractivity contribution in [1.82, 2.24) is 9.62 Å². The summed E-state index contributed by atoms with van der Waals surface area (Å²) in [5, 5.41) is 0. The molecule has 2 rings (SSSR count). The van der Waals surface area contributed by atoms with E-state index in [0.29, 0.717) is 0 Å². The molecule has 6 nitrogen and oxygen atoms in total. The lowest BCUT2D eigenvalue weighted by Crippen LogP contribution is -2.43. The van der Waals surface area contributed by atoms with Gasteiger partial charge in [0.2, 0.25) is 10.0 Å². The second-order valence-corrected chi connectivity index (χ2v) is 9.08. The molecule has 1 heterocycles. The Morgan fingerprint density at radius 3 is 2.10 bits per heavy atom. The molecule has 118 valence electrons. The van der Waals surface area contributed by atoms with E-state index in [4.69, 9.17) is 0 Å². The second kappa shape index (κ2) is 6.04. The van der Waals surface area contributed by atoms with Crippen LogP contribution in [0.25, 0.3) is 0 Å². The molecule has 0 atom stereocenters. The zero-order valence-electron chi connectivity index (χ0n) is 12.1. The molecule has 0 spiro atoms. The summed E-state index contributed by atoms with van der Waals surface area (Å²) >= 11 is 0. The van der Waals surface area contributed by atoms with Gasteiger partial charge in [-0.2, -0.15) is 0 Å². The maximum Gasteiger partial charge on any atom is 0.242 e. The molecule has 0 bridgehead atoms. The third kappa shape index (κ3) is 4.03. The quantitative estimate of drug-likeness (QED) is 0.866. The van der Waals surface area contributed by atoms with Gasteiger partial charge in [-0.25, -0.2) is 21.6 Å². The van der Waals surface area contributed by atoms with E-state index in [9.17, 15) is 16.8 Å². The molecule has 8 heteroatoms. The Morgan fingerprint density at radius 2 is 1.57 bits per heavy atom. The number of rotatable bonds is 4. The summed E-state index contributed by atoms with van der Waals surface area (Å²) in [6, 6.07) is 5.54.